The Labute approximate surface area is 173 Å². The average Bonchev–Trinajstić information content (AvgIpc) is 2.69. The summed E-state index contributed by atoms with van der Waals surface area (Å²) in [5.41, 5.74) is 3.29. The van der Waals surface area contributed by atoms with E-state index in [1.165, 1.54) is 19.3 Å². The topological polar surface area (TPSA) is 33.7 Å². The number of hydrogen-bond acceptors (Lipinski definition) is 4. The van der Waals surface area contributed by atoms with E-state index in [9.17, 15) is 0 Å². The van der Waals surface area contributed by atoms with Crippen molar-refractivity contribution in [1.82, 2.24) is 0 Å². The Balaban J connectivity index is 1.66. The predicted molar refractivity (Wildman–Crippen MR) is 118 cm³/mol. The zero-order valence-corrected chi connectivity index (χ0v) is 17.9. The van der Waals surface area contributed by atoms with Gasteiger partial charge in [0.25, 0.3) is 0 Å². The minimum Gasteiger partial charge on any atom is -0.490 e. The van der Waals surface area contributed by atoms with Gasteiger partial charge in [-0.2, -0.15) is 0 Å². The predicted octanol–water partition coefficient (Wildman–Crippen LogP) is 6.13. The van der Waals surface area contributed by atoms with E-state index in [1.54, 1.807) is 0 Å². The molecule has 0 spiro atoms. The van der Waals surface area contributed by atoms with Gasteiger partial charge in [-0.1, -0.05) is 17.7 Å². The van der Waals surface area contributed by atoms with Gasteiger partial charge in [-0.25, -0.2) is 0 Å². The van der Waals surface area contributed by atoms with E-state index in [1.807, 2.05) is 39.0 Å². The summed E-state index contributed by atoms with van der Waals surface area (Å²) in [6, 6.07) is 12.3. The van der Waals surface area contributed by atoms with Crippen LogP contribution in [0.3, 0.4) is 0 Å². The second-order valence-corrected chi connectivity index (χ2v) is 7.86. The fourth-order valence-corrected chi connectivity index (χ4v) is 3.79. The highest BCUT2D eigenvalue weighted by molar-refractivity contribution is 6.33. The van der Waals surface area contributed by atoms with Gasteiger partial charge in [0.2, 0.25) is 0 Å². The number of benzene rings is 2. The van der Waals surface area contributed by atoms with Gasteiger partial charge in [0.1, 0.15) is 0 Å². The summed E-state index contributed by atoms with van der Waals surface area (Å²) in [6.07, 6.45) is 3.92. The van der Waals surface area contributed by atoms with Crippen molar-refractivity contribution in [2.45, 2.75) is 52.7 Å². The molecule has 28 heavy (non-hydrogen) atoms. The fourth-order valence-electron chi connectivity index (χ4n) is 3.49. The van der Waals surface area contributed by atoms with E-state index in [-0.39, 0.29) is 6.10 Å². The highest BCUT2D eigenvalue weighted by Gasteiger charge is 2.14. The molecule has 2 aromatic carbocycles. The van der Waals surface area contributed by atoms with Crippen LogP contribution in [0.25, 0.3) is 0 Å². The van der Waals surface area contributed by atoms with Crippen LogP contribution in [0.4, 0.5) is 11.4 Å². The second kappa shape index (κ2) is 9.92. The molecule has 0 atom stereocenters. The quantitative estimate of drug-likeness (QED) is 0.576. The Morgan fingerprint density at radius 3 is 2.50 bits per heavy atom. The van der Waals surface area contributed by atoms with Crippen LogP contribution in [0.2, 0.25) is 5.02 Å². The number of piperidine rings is 1. The molecule has 0 aliphatic carbocycles. The maximum absolute atomic E-state index is 6.56. The van der Waals surface area contributed by atoms with Crippen molar-refractivity contribution in [2.75, 3.05) is 29.9 Å². The zero-order chi connectivity index (χ0) is 19.9. The van der Waals surface area contributed by atoms with Crippen LogP contribution in [0, 0.1) is 0 Å². The molecule has 0 unspecified atom stereocenters. The average molecular weight is 403 g/mol. The molecule has 4 nitrogen and oxygen atoms in total. The van der Waals surface area contributed by atoms with Crippen molar-refractivity contribution in [2.24, 2.45) is 0 Å². The van der Waals surface area contributed by atoms with E-state index in [2.05, 4.69) is 28.4 Å². The van der Waals surface area contributed by atoms with E-state index in [4.69, 9.17) is 21.1 Å². The largest absolute Gasteiger partial charge is 0.490 e. The number of halogens is 1. The third-order valence-electron chi connectivity index (χ3n) is 4.81. The maximum Gasteiger partial charge on any atom is 0.161 e. The van der Waals surface area contributed by atoms with E-state index in [0.29, 0.717) is 13.2 Å². The number of rotatable bonds is 8. The first-order chi connectivity index (χ1) is 13.6. The molecule has 1 saturated heterocycles. The van der Waals surface area contributed by atoms with E-state index >= 15 is 0 Å². The van der Waals surface area contributed by atoms with Crippen molar-refractivity contribution >= 4 is 23.0 Å². The first kappa shape index (κ1) is 20.7. The Morgan fingerprint density at radius 2 is 1.82 bits per heavy atom. The van der Waals surface area contributed by atoms with Gasteiger partial charge in [-0.05, 0) is 75.9 Å². The summed E-state index contributed by atoms with van der Waals surface area (Å²) in [6.45, 7) is 9.51. The van der Waals surface area contributed by atoms with E-state index < -0.39 is 0 Å². The molecular weight excluding hydrogens is 372 g/mol. The van der Waals surface area contributed by atoms with Crippen LogP contribution in [0.15, 0.2) is 36.4 Å². The third kappa shape index (κ3) is 5.48. The van der Waals surface area contributed by atoms with Crippen LogP contribution in [0.5, 0.6) is 11.5 Å². The van der Waals surface area contributed by atoms with Gasteiger partial charge in [0.15, 0.2) is 11.5 Å². The molecule has 1 N–H and O–H groups in total. The number of anilines is 2. The minimum absolute atomic E-state index is 0.115. The smallest absolute Gasteiger partial charge is 0.161 e. The first-order valence-corrected chi connectivity index (χ1v) is 10.7. The van der Waals surface area contributed by atoms with E-state index in [0.717, 1.165) is 46.5 Å². The lowest BCUT2D eigenvalue weighted by atomic mass is 10.1. The molecule has 0 radical (unpaired) electrons. The minimum atomic E-state index is 0.115. The molecule has 152 valence electrons. The van der Waals surface area contributed by atoms with Crippen molar-refractivity contribution in [1.29, 1.82) is 0 Å². The number of nitrogens with one attached hydrogen (secondary N) is 1. The molecule has 0 aromatic heterocycles. The molecule has 1 heterocycles. The molecular formula is C23H31ClN2O2. The number of hydrogen-bond donors (Lipinski definition) is 1. The Hall–Kier alpha value is -2.07. The van der Waals surface area contributed by atoms with Gasteiger partial charge in [-0.3, -0.25) is 0 Å². The Kier molecular flexibility index (Phi) is 7.32. The van der Waals surface area contributed by atoms with Gasteiger partial charge < -0.3 is 19.7 Å². The van der Waals surface area contributed by atoms with Crippen LogP contribution in [0.1, 0.15) is 45.6 Å². The molecule has 1 fully saturated rings. The van der Waals surface area contributed by atoms with Gasteiger partial charge in [-0.15, -0.1) is 0 Å². The highest BCUT2D eigenvalue weighted by atomic mass is 35.5. The van der Waals surface area contributed by atoms with Crippen molar-refractivity contribution in [3.8, 4) is 11.5 Å². The summed E-state index contributed by atoms with van der Waals surface area (Å²) in [7, 11) is 0. The summed E-state index contributed by atoms with van der Waals surface area (Å²) in [5, 5.41) is 4.27. The molecule has 3 rings (SSSR count). The van der Waals surface area contributed by atoms with Gasteiger partial charge in [0.05, 0.1) is 23.4 Å². The molecule has 0 bridgehead atoms. The molecule has 5 heteroatoms. The molecule has 2 aromatic rings. The lowest BCUT2D eigenvalue weighted by Crippen LogP contribution is -2.29. The Morgan fingerprint density at radius 1 is 1.04 bits per heavy atom. The highest BCUT2D eigenvalue weighted by Crippen LogP contribution is 2.32. The second-order valence-electron chi connectivity index (χ2n) is 7.45. The van der Waals surface area contributed by atoms with Gasteiger partial charge in [0, 0.05) is 25.3 Å². The van der Waals surface area contributed by atoms with Crippen LogP contribution < -0.4 is 19.7 Å². The molecule has 0 saturated carbocycles. The number of ether oxygens (including phenoxy) is 2. The normalized spacial score (nSPS) is 14.2. The van der Waals surface area contributed by atoms with Gasteiger partial charge >= 0.3 is 0 Å². The molecule has 0 amide bonds. The van der Waals surface area contributed by atoms with Crippen molar-refractivity contribution < 1.29 is 9.47 Å². The summed E-state index contributed by atoms with van der Waals surface area (Å²) >= 11 is 6.56. The maximum atomic E-state index is 6.56. The summed E-state index contributed by atoms with van der Waals surface area (Å²) in [4.78, 5) is 2.39. The van der Waals surface area contributed by atoms with Crippen LogP contribution in [-0.4, -0.2) is 25.8 Å². The fraction of sp³-hybridized carbons (Fsp3) is 0.478. The molecule has 1 aliphatic rings. The standard InChI is InChI=1S/C23H31ClN2O2/c1-4-27-23-14-18(8-11-22(23)28-17(2)3)16-25-19-9-10-21(20(24)15-19)26-12-6-5-7-13-26/h8-11,14-15,17,25H,4-7,12-13,16H2,1-3H3. The van der Waals surface area contributed by atoms with Crippen molar-refractivity contribution in [3.63, 3.8) is 0 Å². The number of nitrogens with zero attached hydrogens (tertiary/aromatic N) is 1. The first-order valence-electron chi connectivity index (χ1n) is 10.3. The SMILES string of the molecule is CCOc1cc(CNc2ccc(N3CCCCC3)c(Cl)c2)ccc1OC(C)C. The Bertz CT molecular complexity index is 773. The molecule has 1 aliphatic heterocycles. The summed E-state index contributed by atoms with van der Waals surface area (Å²) < 4.78 is 11.6. The lowest BCUT2D eigenvalue weighted by Gasteiger charge is -2.29. The van der Waals surface area contributed by atoms with Crippen molar-refractivity contribution in [3.05, 3.63) is 47.0 Å². The van der Waals surface area contributed by atoms with Crippen LogP contribution >= 0.6 is 11.6 Å². The zero-order valence-electron chi connectivity index (χ0n) is 17.1. The van der Waals surface area contributed by atoms with Crippen LogP contribution in [-0.2, 0) is 6.54 Å². The summed E-state index contributed by atoms with van der Waals surface area (Å²) in [5.74, 6) is 1.57. The lowest BCUT2D eigenvalue weighted by molar-refractivity contribution is 0.223. The monoisotopic (exact) mass is 402 g/mol. The third-order valence-corrected chi connectivity index (χ3v) is 5.11.